The van der Waals surface area contributed by atoms with E-state index in [0.29, 0.717) is 0 Å². The molecule has 0 aliphatic carbocycles. The minimum Gasteiger partial charge on any atom is -0.762 e. The summed E-state index contributed by atoms with van der Waals surface area (Å²) in [5.41, 5.74) is 0.704. The topological polar surface area (TPSA) is 76.0 Å². The van der Waals surface area contributed by atoms with Crippen LogP contribution < -0.4 is 4.68 Å². The Kier molecular flexibility index (Phi) is 2.59. The molecule has 0 aliphatic heterocycles. The molecule has 0 bridgehead atoms. The molecule has 0 N–H and O–H groups in total. The summed E-state index contributed by atoms with van der Waals surface area (Å²) in [6.07, 6.45) is 1.50. The summed E-state index contributed by atoms with van der Waals surface area (Å²) in [6, 6.07) is 11.0. The van der Waals surface area contributed by atoms with Crippen molar-refractivity contribution in [1.82, 2.24) is 5.27 Å². The Labute approximate surface area is 91.3 Å². The van der Waals surface area contributed by atoms with Gasteiger partial charge in [0.05, 0.1) is 0 Å². The Morgan fingerprint density at radius 2 is 2.12 bits per heavy atom. The third-order valence-corrected chi connectivity index (χ3v) is 1.96. The largest absolute Gasteiger partial charge is 0.762 e. The van der Waals surface area contributed by atoms with Gasteiger partial charge in [-0.15, -0.1) is 0 Å². The molecule has 0 amide bonds. The summed E-state index contributed by atoms with van der Waals surface area (Å²) in [5.74, 6) is 1.90. The van der Waals surface area contributed by atoms with Crippen LogP contribution in [0.3, 0.4) is 0 Å². The van der Waals surface area contributed by atoms with Gasteiger partial charge >= 0.3 is 0 Å². The Hall–Kier alpha value is -2.70. The summed E-state index contributed by atoms with van der Waals surface area (Å²) < 4.78 is 6.36. The second kappa shape index (κ2) is 4.22. The normalized spacial score (nSPS) is 9.19. The first-order valence-corrected chi connectivity index (χ1v) is 4.47. The highest BCUT2D eigenvalue weighted by Crippen LogP contribution is 2.07. The summed E-state index contributed by atoms with van der Waals surface area (Å²) in [7, 11) is 0. The molecule has 0 radical (unpaired) electrons. The summed E-state index contributed by atoms with van der Waals surface area (Å²) >= 11 is 0. The fourth-order valence-electron chi connectivity index (χ4n) is 1.19. The minimum atomic E-state index is -0.0952. The maximum absolute atomic E-state index is 8.65. The molecule has 2 rings (SSSR count). The molecule has 0 spiro atoms. The molecule has 2 aromatic rings. The number of allylic oxidation sites excluding steroid dienone is 1. The van der Waals surface area contributed by atoms with Gasteiger partial charge in [0.2, 0.25) is 11.0 Å². The first kappa shape index (κ1) is 9.84. The van der Waals surface area contributed by atoms with E-state index in [9.17, 15) is 0 Å². The standard InChI is InChI=1S/C11H6N4O/c12-6-9(7-13)11-8-15(14-16-11)10-4-2-1-3-5-10/h1-5,8H. The van der Waals surface area contributed by atoms with Crippen molar-refractivity contribution < 1.29 is 9.20 Å². The first-order valence-electron chi connectivity index (χ1n) is 4.47. The van der Waals surface area contributed by atoms with Gasteiger partial charge < -0.3 is 5.41 Å². The number of hydrogen-bond acceptors (Lipinski definition) is 3. The Bertz CT molecular complexity index is 588. The summed E-state index contributed by atoms with van der Waals surface area (Å²) in [5, 5.41) is 21.0. The van der Waals surface area contributed by atoms with E-state index in [1.807, 2.05) is 30.3 Å². The van der Waals surface area contributed by atoms with Crippen molar-refractivity contribution in [3.63, 3.8) is 0 Å². The minimum absolute atomic E-state index is 0.0952. The van der Waals surface area contributed by atoms with E-state index in [1.54, 1.807) is 11.9 Å². The lowest BCUT2D eigenvalue weighted by Crippen LogP contribution is -2.31. The van der Waals surface area contributed by atoms with Crippen LogP contribution in [0.4, 0.5) is 0 Å². The average molecular weight is 210 g/mol. The lowest BCUT2D eigenvalue weighted by Gasteiger charge is -1.84. The number of hydrogen-bond donors (Lipinski definition) is 0. The highest BCUT2D eigenvalue weighted by molar-refractivity contribution is 5.96. The quantitative estimate of drug-likeness (QED) is 0.423. The summed E-state index contributed by atoms with van der Waals surface area (Å²) in [6.45, 7) is 0. The van der Waals surface area contributed by atoms with Crippen molar-refractivity contribution in [3.05, 3.63) is 47.7 Å². The van der Waals surface area contributed by atoms with Crippen LogP contribution in [0.1, 0.15) is 5.76 Å². The maximum atomic E-state index is 8.65. The van der Waals surface area contributed by atoms with Crippen molar-refractivity contribution in [2.24, 2.45) is 0 Å². The van der Waals surface area contributed by atoms with E-state index in [1.165, 1.54) is 10.9 Å². The first-order chi connectivity index (χ1) is 7.85. The molecule has 1 heterocycles. The number of para-hydroxylation sites is 1. The van der Waals surface area contributed by atoms with E-state index >= 15 is 0 Å². The number of rotatable bonds is 2. The second-order valence-corrected chi connectivity index (χ2v) is 2.95. The second-order valence-electron chi connectivity index (χ2n) is 2.95. The molecular weight excluding hydrogens is 204 g/mol. The molecule has 0 aliphatic rings. The molecule has 76 valence electrons. The van der Waals surface area contributed by atoms with Crippen LogP contribution in [-0.2, 0) is 0 Å². The molecule has 0 unspecified atom stereocenters. The average Bonchev–Trinajstić information content (AvgIpc) is 2.81. The third-order valence-electron chi connectivity index (χ3n) is 1.96. The van der Waals surface area contributed by atoms with Crippen LogP contribution >= 0.6 is 0 Å². The van der Waals surface area contributed by atoms with Gasteiger partial charge in [0.15, 0.2) is 0 Å². The molecule has 1 aromatic carbocycles. The fourth-order valence-corrected chi connectivity index (χ4v) is 1.19. The maximum Gasteiger partial charge on any atom is 0.253 e. The zero-order valence-electron chi connectivity index (χ0n) is 8.16. The van der Waals surface area contributed by atoms with Gasteiger partial charge in [-0.1, -0.05) is 18.2 Å². The lowest BCUT2D eigenvalue weighted by atomic mass is 10.3. The monoisotopic (exact) mass is 210 g/mol. The molecule has 0 fully saturated rings. The van der Waals surface area contributed by atoms with Crippen LogP contribution in [0, 0.1) is 11.3 Å². The van der Waals surface area contributed by atoms with E-state index in [2.05, 4.69) is 5.27 Å². The van der Waals surface area contributed by atoms with Gasteiger partial charge in [-0.2, -0.15) is 5.26 Å². The van der Waals surface area contributed by atoms with E-state index in [4.69, 9.17) is 15.2 Å². The Morgan fingerprint density at radius 3 is 2.75 bits per heavy atom. The van der Waals surface area contributed by atoms with Crippen molar-refractivity contribution in [2.45, 2.75) is 0 Å². The Balaban J connectivity index is 2.42. The molecule has 16 heavy (non-hydrogen) atoms. The zero-order chi connectivity index (χ0) is 11.4. The lowest BCUT2D eigenvalue weighted by molar-refractivity contribution is -0.670. The van der Waals surface area contributed by atoms with E-state index in [0.717, 1.165) is 5.69 Å². The zero-order valence-corrected chi connectivity index (χ0v) is 8.16. The third kappa shape index (κ3) is 1.73. The van der Waals surface area contributed by atoms with E-state index < -0.39 is 0 Å². The molecule has 1 aromatic heterocycles. The van der Waals surface area contributed by atoms with Gasteiger partial charge in [-0.3, -0.25) is 4.52 Å². The molecule has 5 nitrogen and oxygen atoms in total. The number of nitriles is 1. The van der Waals surface area contributed by atoms with Gasteiger partial charge in [0.1, 0.15) is 11.6 Å². The summed E-state index contributed by atoms with van der Waals surface area (Å²) in [4.78, 5) is 0. The van der Waals surface area contributed by atoms with Crippen molar-refractivity contribution in [2.75, 3.05) is 0 Å². The molecule has 0 atom stereocenters. The fraction of sp³-hybridized carbons (Fsp3) is 0. The van der Waals surface area contributed by atoms with Crippen LogP contribution in [0.15, 0.2) is 41.1 Å². The van der Waals surface area contributed by atoms with Gasteiger partial charge in [0.25, 0.3) is 12.0 Å². The van der Waals surface area contributed by atoms with Crippen LogP contribution in [0.25, 0.3) is 16.7 Å². The van der Waals surface area contributed by atoms with Crippen molar-refractivity contribution in [1.29, 1.82) is 5.26 Å². The number of aromatic nitrogens is 2. The van der Waals surface area contributed by atoms with Crippen LogP contribution in [-0.4, -0.2) is 11.1 Å². The Morgan fingerprint density at radius 1 is 1.38 bits per heavy atom. The highest BCUT2D eigenvalue weighted by Gasteiger charge is 2.16. The molecule has 0 saturated heterocycles. The van der Waals surface area contributed by atoms with E-state index in [-0.39, 0.29) is 11.3 Å². The predicted octanol–water partition coefficient (Wildman–Crippen LogP) is 1.10. The molecular formula is C11H6N4O. The van der Waals surface area contributed by atoms with Gasteiger partial charge in [-0.05, 0) is 4.68 Å². The van der Waals surface area contributed by atoms with Gasteiger partial charge in [0, 0.05) is 12.1 Å². The van der Waals surface area contributed by atoms with Crippen molar-refractivity contribution >= 4 is 11.4 Å². The van der Waals surface area contributed by atoms with Crippen molar-refractivity contribution in [3.8, 4) is 11.8 Å². The smallest absolute Gasteiger partial charge is 0.253 e. The SMILES string of the molecule is N#CC(=C=[N-])c1c[n+](-c2ccccc2)no1. The van der Waals surface area contributed by atoms with Crippen LogP contribution in [0.5, 0.6) is 0 Å². The predicted molar refractivity (Wildman–Crippen MR) is 55.4 cm³/mol. The molecule has 0 saturated carbocycles. The number of nitrogens with zero attached hydrogens (tertiary/aromatic N) is 4. The molecule has 5 heteroatoms. The number of benzene rings is 1. The van der Waals surface area contributed by atoms with Crippen LogP contribution in [0.2, 0.25) is 0 Å². The van der Waals surface area contributed by atoms with Gasteiger partial charge in [-0.25, -0.2) is 5.87 Å². The highest BCUT2D eigenvalue weighted by atomic mass is 16.5.